The third kappa shape index (κ3) is 10.7. The Morgan fingerprint density at radius 3 is 1.46 bits per heavy atom. The Balaban J connectivity index is 0.000000167. The molecule has 9 heteroatoms. The van der Waals surface area contributed by atoms with Crippen LogP contribution < -0.4 is 4.90 Å². The minimum absolute atomic E-state index is 0. The van der Waals surface area contributed by atoms with Gasteiger partial charge < -0.3 is 9.13 Å². The van der Waals surface area contributed by atoms with E-state index in [-0.39, 0.29) is 26.5 Å². The molecule has 2 atom stereocenters. The molecule has 0 aliphatic rings. The summed E-state index contributed by atoms with van der Waals surface area (Å²) < 4.78 is 12.9. The first-order valence-corrected chi connectivity index (χ1v) is 26.6. The zero-order valence-corrected chi connectivity index (χ0v) is 47.7. The van der Waals surface area contributed by atoms with Crippen molar-refractivity contribution < 1.29 is 22.4 Å². The molecule has 0 saturated carbocycles. The van der Waals surface area contributed by atoms with E-state index in [1.807, 2.05) is 83.7 Å². The molecule has 9 aromatic carbocycles. The van der Waals surface area contributed by atoms with Crippen molar-refractivity contribution in [3.8, 4) is 39.4 Å². The van der Waals surface area contributed by atoms with Crippen LogP contribution in [0.2, 0.25) is 0 Å². The van der Waals surface area contributed by atoms with Crippen molar-refractivity contribution in [2.75, 3.05) is 10.9 Å². The van der Waals surface area contributed by atoms with E-state index in [0.717, 1.165) is 34.3 Å². The topological polar surface area (TPSA) is 43.8 Å². The molecule has 0 aliphatic heterocycles. The number of anilines is 3. The van der Waals surface area contributed by atoms with E-state index in [1.165, 1.54) is 82.8 Å². The summed E-state index contributed by atoms with van der Waals surface area (Å²) in [7, 11) is 6.84. The SMILES string of the molecule is CC(C)(C)c1ccc(N(c2cccc(-c3[c-]cccc3)n2)c2ccn(-c3[c-]cccc3)n2)cc1.Cc1cc(-n2c3ccccc3c3ccccc32)ccc1-c1ccc(-n2c3ccccc3c3ccccc32)cc1C.[2H]C([B])P.[Pt+2]. The van der Waals surface area contributed by atoms with Gasteiger partial charge in [0.05, 0.1) is 29.9 Å². The van der Waals surface area contributed by atoms with Gasteiger partial charge in [-0.2, -0.15) is 29.4 Å². The quantitative estimate of drug-likeness (QED) is 0.0865. The Morgan fingerprint density at radius 2 is 1.01 bits per heavy atom. The smallest absolute Gasteiger partial charge is 0.309 e. The Labute approximate surface area is 477 Å². The van der Waals surface area contributed by atoms with Gasteiger partial charge in [0.2, 0.25) is 0 Å². The second-order valence-electron chi connectivity index (χ2n) is 20.1. The largest absolute Gasteiger partial charge is 2.00 e. The second kappa shape index (κ2) is 23.3. The Hall–Kier alpha value is -8.08. The fourth-order valence-electron chi connectivity index (χ4n) is 10.4. The van der Waals surface area contributed by atoms with Gasteiger partial charge >= 0.3 is 21.1 Å². The summed E-state index contributed by atoms with van der Waals surface area (Å²) in [5, 5.41) is 10.0. The third-order valence-electron chi connectivity index (χ3n) is 14.1. The summed E-state index contributed by atoms with van der Waals surface area (Å²) in [5.41, 5.74) is 17.5. The standard InChI is InChI=1S/C38H28N2.C30H26N4.CH4BP.Pt/c1-25-23-27(39-35-15-7-3-11-31(35)32-12-4-8-16-36(32)39)19-21-29(25)30-22-20-28(24-26(30)2)40-37-17-9-5-13-33(37)34-14-6-10-18-38(34)40;1-30(2,3)24-17-19-26(20-18-24)34(29-21-22-33(32-29)25-13-8-5-9-14-25)28-16-10-15-27(31-28)23-11-6-4-7-12-23;2-1-3;/h3-24H,1-2H3;4-11,13,15-22H,1-3H3;1,3H2;/q;-2;;+2/i;;1D;. The number of benzene rings is 9. The molecule has 13 rings (SSSR count). The number of rotatable bonds is 8. The van der Waals surface area contributed by atoms with Gasteiger partial charge in [0.15, 0.2) is 5.82 Å². The van der Waals surface area contributed by atoms with E-state index in [4.69, 9.17) is 19.3 Å². The van der Waals surface area contributed by atoms with Gasteiger partial charge in [0.1, 0.15) is 5.82 Å². The molecule has 78 heavy (non-hydrogen) atoms. The number of nitrogens with zero attached hydrogens (tertiary/aromatic N) is 6. The first-order chi connectivity index (χ1) is 37.9. The average Bonchev–Trinajstić information content (AvgIpc) is 4.40. The molecule has 0 amide bonds. The molecule has 0 fully saturated rings. The summed E-state index contributed by atoms with van der Waals surface area (Å²) >= 11 is 0. The van der Waals surface area contributed by atoms with E-state index < -0.39 is 6.04 Å². The van der Waals surface area contributed by atoms with E-state index in [1.54, 1.807) is 0 Å². The molecular weight excluding hydrogens is 1150 g/mol. The zero-order valence-electron chi connectivity index (χ0n) is 45.2. The first kappa shape index (κ1) is 52.0. The van der Waals surface area contributed by atoms with Gasteiger partial charge in [-0.05, 0) is 125 Å². The van der Waals surface area contributed by atoms with Gasteiger partial charge in [-0.3, -0.25) is 14.6 Å². The molecule has 13 aromatic rings. The average molecular weight is 1210 g/mol. The molecule has 0 N–H and O–H groups in total. The van der Waals surface area contributed by atoms with Crippen LogP contribution in [0.25, 0.3) is 83.1 Å². The van der Waals surface area contributed by atoms with Crippen molar-refractivity contribution in [3.63, 3.8) is 0 Å². The number of hydrogen-bond donors (Lipinski definition) is 0. The number of hydrogen-bond acceptors (Lipinski definition) is 3. The maximum Gasteiger partial charge on any atom is 2.00 e. The molecule has 0 bridgehead atoms. The van der Waals surface area contributed by atoms with Crippen LogP contribution in [0.5, 0.6) is 0 Å². The molecule has 2 radical (unpaired) electrons. The number of fused-ring (bicyclic) bond motifs is 6. The number of aromatic nitrogens is 5. The van der Waals surface area contributed by atoms with Crippen LogP contribution in [0.1, 0.15) is 38.8 Å². The zero-order chi connectivity index (χ0) is 53.9. The predicted octanol–water partition coefficient (Wildman–Crippen LogP) is 17.5. The second-order valence-corrected chi connectivity index (χ2v) is 20.5. The molecule has 2 unspecified atom stereocenters. The van der Waals surface area contributed by atoms with Crippen LogP contribution in [0.3, 0.4) is 0 Å². The molecule has 0 aliphatic carbocycles. The van der Waals surface area contributed by atoms with Gasteiger partial charge in [-0.1, -0.05) is 136 Å². The summed E-state index contributed by atoms with van der Waals surface area (Å²) in [6, 6.07) is 86.9. The molecule has 6 nitrogen and oxygen atoms in total. The Bertz CT molecular complexity index is 3950. The van der Waals surface area contributed by atoms with Crippen molar-refractivity contribution in [2.45, 2.75) is 40.0 Å². The Kier molecular flexibility index (Phi) is 15.5. The van der Waals surface area contributed by atoms with Crippen LogP contribution in [0.15, 0.2) is 237 Å². The summed E-state index contributed by atoms with van der Waals surface area (Å²) in [6.07, 6.45) is 1.95. The summed E-state index contributed by atoms with van der Waals surface area (Å²) in [5.74, 6) is 1.57. The van der Waals surface area contributed by atoms with E-state index in [2.05, 4.69) is 228 Å². The molecule has 382 valence electrons. The van der Waals surface area contributed by atoms with Gasteiger partial charge in [0.25, 0.3) is 0 Å². The van der Waals surface area contributed by atoms with Gasteiger partial charge in [-0.15, -0.1) is 51.2 Å². The molecule has 4 aromatic heterocycles. The van der Waals surface area contributed by atoms with Crippen LogP contribution in [-0.2, 0) is 26.5 Å². The molecule has 4 heterocycles. The van der Waals surface area contributed by atoms with Crippen LogP contribution in [0.4, 0.5) is 17.3 Å². The predicted molar refractivity (Wildman–Crippen MR) is 328 cm³/mol. The van der Waals surface area contributed by atoms with Crippen molar-refractivity contribution in [1.82, 2.24) is 23.9 Å². The molecule has 0 spiro atoms. The minimum Gasteiger partial charge on any atom is -0.309 e. The third-order valence-corrected chi connectivity index (χ3v) is 14.1. The summed E-state index contributed by atoms with van der Waals surface area (Å²) in [4.78, 5) is 7.07. The first-order valence-electron chi connectivity index (χ1n) is 26.5. The van der Waals surface area contributed by atoms with E-state index in [9.17, 15) is 0 Å². The van der Waals surface area contributed by atoms with Gasteiger partial charge in [-0.25, -0.2) is 0 Å². The molecule has 0 saturated heterocycles. The number of pyridine rings is 1. The number of aryl methyl sites for hydroxylation is 2. The Morgan fingerprint density at radius 1 is 0.538 bits per heavy atom. The minimum atomic E-state index is -0.500. The monoisotopic (exact) mass is 1210 g/mol. The maximum absolute atomic E-state index is 6.32. The summed E-state index contributed by atoms with van der Waals surface area (Å²) in [6.45, 7) is 11.1. The molecular formula is C69H58BN6PPt. The fraction of sp³-hybridized carbons (Fsp3) is 0.101. The van der Waals surface area contributed by atoms with Crippen molar-refractivity contribution in [2.24, 2.45) is 0 Å². The van der Waals surface area contributed by atoms with Gasteiger partial charge in [0, 0.05) is 52.2 Å². The van der Waals surface area contributed by atoms with Crippen molar-refractivity contribution >= 4 is 78.0 Å². The van der Waals surface area contributed by atoms with Crippen LogP contribution >= 0.6 is 9.24 Å². The number of para-hydroxylation sites is 5. The van der Waals surface area contributed by atoms with Crippen LogP contribution in [0, 0.1) is 26.0 Å². The maximum atomic E-state index is 6.32. The van der Waals surface area contributed by atoms with Crippen LogP contribution in [-0.4, -0.2) is 37.8 Å². The van der Waals surface area contributed by atoms with Crippen molar-refractivity contribution in [1.29, 1.82) is 0 Å². The normalized spacial score (nSPS) is 11.8. The van der Waals surface area contributed by atoms with E-state index >= 15 is 0 Å². The fourth-order valence-corrected chi connectivity index (χ4v) is 10.4. The van der Waals surface area contributed by atoms with Crippen molar-refractivity contribution in [3.05, 3.63) is 266 Å². The van der Waals surface area contributed by atoms with E-state index in [0.29, 0.717) is 0 Å².